The fourth-order valence-corrected chi connectivity index (χ4v) is 3.60. The maximum absolute atomic E-state index is 12.9. The molecule has 1 aromatic carbocycles. The van der Waals surface area contributed by atoms with Crippen molar-refractivity contribution in [2.45, 2.75) is 58.5 Å². The molecule has 1 aliphatic carbocycles. The van der Waals surface area contributed by atoms with Gasteiger partial charge in [0.25, 0.3) is 5.56 Å². The van der Waals surface area contributed by atoms with Gasteiger partial charge < -0.3 is 10.3 Å². The van der Waals surface area contributed by atoms with E-state index in [9.17, 15) is 4.79 Å². The molecule has 1 heterocycles. The Kier molecular flexibility index (Phi) is 4.67. The summed E-state index contributed by atoms with van der Waals surface area (Å²) in [6.07, 6.45) is 5.46. The Balaban J connectivity index is 2.06. The number of rotatable bonds is 4. The average molecular weight is 310 g/mol. The molecule has 23 heavy (non-hydrogen) atoms. The van der Waals surface area contributed by atoms with Crippen LogP contribution in [0.4, 0.5) is 0 Å². The minimum Gasteiger partial charge on any atom is -0.320 e. The Hall–Kier alpha value is -1.87. The predicted octanol–water partition coefficient (Wildman–Crippen LogP) is 3.36. The zero-order chi connectivity index (χ0) is 16.4. The molecule has 122 valence electrons. The van der Waals surface area contributed by atoms with Gasteiger partial charge in [-0.25, -0.2) is 0 Å². The third kappa shape index (κ3) is 2.98. The first kappa shape index (κ1) is 16.0. The minimum absolute atomic E-state index is 0.0835. The van der Waals surface area contributed by atoms with E-state index in [1.165, 1.54) is 29.7 Å². The molecule has 0 amide bonds. The standard InChI is InChI=1S/C20H26N2O/c1-3-14-9-11-15(12-10-14)19(21)17-13-16-7-5-6-8-18(16)22(4-2)20(17)23/h9-13,19H,3-8,21H2,1-2H3. The van der Waals surface area contributed by atoms with Crippen molar-refractivity contribution in [3.05, 3.63) is 68.6 Å². The van der Waals surface area contributed by atoms with Gasteiger partial charge >= 0.3 is 0 Å². The molecule has 3 nitrogen and oxygen atoms in total. The Labute approximate surface area is 138 Å². The van der Waals surface area contributed by atoms with Gasteiger partial charge in [-0.05, 0) is 61.8 Å². The fraction of sp³-hybridized carbons (Fsp3) is 0.450. The molecule has 0 saturated heterocycles. The van der Waals surface area contributed by atoms with E-state index in [1.54, 1.807) is 0 Å². The summed E-state index contributed by atoms with van der Waals surface area (Å²) in [5.74, 6) is 0. The van der Waals surface area contributed by atoms with Crippen molar-refractivity contribution < 1.29 is 0 Å². The largest absolute Gasteiger partial charge is 0.320 e. The van der Waals surface area contributed by atoms with Crippen molar-refractivity contribution in [3.63, 3.8) is 0 Å². The highest BCUT2D eigenvalue weighted by molar-refractivity contribution is 5.36. The maximum atomic E-state index is 12.9. The molecule has 2 N–H and O–H groups in total. The van der Waals surface area contributed by atoms with Crippen molar-refractivity contribution in [2.75, 3.05) is 0 Å². The van der Waals surface area contributed by atoms with E-state index in [0.717, 1.165) is 36.9 Å². The van der Waals surface area contributed by atoms with Crippen LogP contribution in [0.15, 0.2) is 35.1 Å². The molecular weight excluding hydrogens is 284 g/mol. The fourth-order valence-electron chi connectivity index (χ4n) is 3.60. The van der Waals surface area contributed by atoms with Gasteiger partial charge in [0, 0.05) is 17.8 Å². The second-order valence-corrected chi connectivity index (χ2v) is 6.40. The lowest BCUT2D eigenvalue weighted by atomic mass is 9.91. The molecule has 3 rings (SSSR count). The van der Waals surface area contributed by atoms with E-state index in [-0.39, 0.29) is 11.6 Å². The predicted molar refractivity (Wildman–Crippen MR) is 94.9 cm³/mol. The molecule has 0 bridgehead atoms. The number of fused-ring (bicyclic) bond motifs is 1. The number of aromatic nitrogens is 1. The Morgan fingerprint density at radius 3 is 2.48 bits per heavy atom. The molecule has 0 fully saturated rings. The number of pyridine rings is 1. The van der Waals surface area contributed by atoms with Crippen molar-refractivity contribution in [1.29, 1.82) is 0 Å². The smallest absolute Gasteiger partial charge is 0.255 e. The maximum Gasteiger partial charge on any atom is 0.255 e. The topological polar surface area (TPSA) is 48.0 Å². The number of nitrogens with zero attached hydrogens (tertiary/aromatic N) is 1. The average Bonchev–Trinajstić information content (AvgIpc) is 2.61. The van der Waals surface area contributed by atoms with E-state index in [4.69, 9.17) is 5.73 Å². The van der Waals surface area contributed by atoms with Crippen LogP contribution in [0.2, 0.25) is 0 Å². The molecule has 0 radical (unpaired) electrons. The van der Waals surface area contributed by atoms with Crippen LogP contribution in [0.1, 0.15) is 60.7 Å². The second-order valence-electron chi connectivity index (χ2n) is 6.40. The second kappa shape index (κ2) is 6.71. The summed E-state index contributed by atoms with van der Waals surface area (Å²) in [5.41, 5.74) is 12.1. The summed E-state index contributed by atoms with van der Waals surface area (Å²) >= 11 is 0. The lowest BCUT2D eigenvalue weighted by Gasteiger charge is -2.23. The number of hydrogen-bond acceptors (Lipinski definition) is 2. The molecule has 0 aliphatic heterocycles. The lowest BCUT2D eigenvalue weighted by molar-refractivity contribution is 0.582. The van der Waals surface area contributed by atoms with Gasteiger partial charge in [-0.1, -0.05) is 31.2 Å². The zero-order valence-corrected chi connectivity index (χ0v) is 14.1. The molecule has 1 aliphatic rings. The molecule has 0 spiro atoms. The van der Waals surface area contributed by atoms with Crippen LogP contribution >= 0.6 is 0 Å². The summed E-state index contributed by atoms with van der Waals surface area (Å²) in [6.45, 7) is 4.90. The number of hydrogen-bond donors (Lipinski definition) is 1. The molecule has 1 unspecified atom stereocenters. The molecule has 2 aromatic rings. The van der Waals surface area contributed by atoms with E-state index in [2.05, 4.69) is 37.3 Å². The third-order valence-electron chi connectivity index (χ3n) is 5.03. The van der Waals surface area contributed by atoms with E-state index >= 15 is 0 Å². The van der Waals surface area contributed by atoms with Gasteiger partial charge in [-0.3, -0.25) is 4.79 Å². The van der Waals surface area contributed by atoms with Gasteiger partial charge in [0.05, 0.1) is 6.04 Å². The highest BCUT2D eigenvalue weighted by atomic mass is 16.1. The van der Waals surface area contributed by atoms with Gasteiger partial charge in [0.1, 0.15) is 0 Å². The summed E-state index contributed by atoms with van der Waals surface area (Å²) in [5, 5.41) is 0. The van der Waals surface area contributed by atoms with Crippen LogP contribution in [-0.2, 0) is 25.8 Å². The number of nitrogens with two attached hydrogens (primary N) is 1. The first-order valence-electron chi connectivity index (χ1n) is 8.75. The van der Waals surface area contributed by atoms with Crippen LogP contribution in [0.5, 0.6) is 0 Å². The van der Waals surface area contributed by atoms with Crippen molar-refractivity contribution >= 4 is 0 Å². The van der Waals surface area contributed by atoms with Gasteiger partial charge in [-0.15, -0.1) is 0 Å². The number of aryl methyl sites for hydroxylation is 2. The van der Waals surface area contributed by atoms with E-state index in [1.807, 2.05) is 11.5 Å². The Morgan fingerprint density at radius 2 is 1.83 bits per heavy atom. The quantitative estimate of drug-likeness (QED) is 0.941. The van der Waals surface area contributed by atoms with E-state index < -0.39 is 0 Å². The van der Waals surface area contributed by atoms with Crippen LogP contribution < -0.4 is 11.3 Å². The number of benzene rings is 1. The van der Waals surface area contributed by atoms with Crippen molar-refractivity contribution in [1.82, 2.24) is 4.57 Å². The SMILES string of the molecule is CCc1ccc(C(N)c2cc3c(n(CC)c2=O)CCCC3)cc1. The van der Waals surface area contributed by atoms with Crippen LogP contribution in [0, 0.1) is 0 Å². The molecule has 3 heteroatoms. The van der Waals surface area contributed by atoms with E-state index in [0.29, 0.717) is 0 Å². The lowest BCUT2D eigenvalue weighted by Crippen LogP contribution is -2.32. The molecule has 0 saturated carbocycles. The zero-order valence-electron chi connectivity index (χ0n) is 14.1. The first-order valence-corrected chi connectivity index (χ1v) is 8.75. The van der Waals surface area contributed by atoms with Crippen LogP contribution in [-0.4, -0.2) is 4.57 Å². The summed E-state index contributed by atoms with van der Waals surface area (Å²) in [4.78, 5) is 12.9. The van der Waals surface area contributed by atoms with Crippen molar-refractivity contribution in [3.8, 4) is 0 Å². The summed E-state index contributed by atoms with van der Waals surface area (Å²) < 4.78 is 1.93. The normalized spacial score (nSPS) is 15.3. The third-order valence-corrected chi connectivity index (χ3v) is 5.03. The summed E-state index contributed by atoms with van der Waals surface area (Å²) in [6, 6.07) is 10.0. The molecular formula is C20H26N2O. The highest BCUT2D eigenvalue weighted by Gasteiger charge is 2.20. The summed E-state index contributed by atoms with van der Waals surface area (Å²) in [7, 11) is 0. The monoisotopic (exact) mass is 310 g/mol. The Morgan fingerprint density at radius 1 is 1.13 bits per heavy atom. The van der Waals surface area contributed by atoms with Crippen LogP contribution in [0.25, 0.3) is 0 Å². The highest BCUT2D eigenvalue weighted by Crippen LogP contribution is 2.25. The minimum atomic E-state index is -0.349. The molecule has 1 atom stereocenters. The van der Waals surface area contributed by atoms with Crippen molar-refractivity contribution in [2.24, 2.45) is 5.73 Å². The Bertz CT molecular complexity index is 743. The first-order chi connectivity index (χ1) is 11.2. The van der Waals surface area contributed by atoms with Gasteiger partial charge in [-0.2, -0.15) is 0 Å². The van der Waals surface area contributed by atoms with Gasteiger partial charge in [0.2, 0.25) is 0 Å². The molecule has 1 aromatic heterocycles. The van der Waals surface area contributed by atoms with Gasteiger partial charge in [0.15, 0.2) is 0 Å². The van der Waals surface area contributed by atoms with Crippen LogP contribution in [0.3, 0.4) is 0 Å².